The SMILES string of the molecule is O=C1C/C(=C/c2sccc2Cl)C(=O)N1. The lowest BCUT2D eigenvalue weighted by Gasteiger charge is -1.91. The number of hydrogen-bond acceptors (Lipinski definition) is 3. The monoisotopic (exact) mass is 227 g/mol. The number of hydrogen-bond donors (Lipinski definition) is 1. The van der Waals surface area contributed by atoms with Crippen LogP contribution >= 0.6 is 22.9 Å². The van der Waals surface area contributed by atoms with Crippen molar-refractivity contribution in [3.05, 3.63) is 26.9 Å². The number of imide groups is 1. The van der Waals surface area contributed by atoms with Crippen LogP contribution in [0.2, 0.25) is 5.02 Å². The van der Waals surface area contributed by atoms with E-state index in [0.29, 0.717) is 10.6 Å². The van der Waals surface area contributed by atoms with Crippen LogP contribution in [0.25, 0.3) is 6.08 Å². The molecule has 1 aromatic heterocycles. The van der Waals surface area contributed by atoms with Crippen molar-refractivity contribution in [2.75, 3.05) is 0 Å². The van der Waals surface area contributed by atoms with Gasteiger partial charge in [0.15, 0.2) is 0 Å². The molecule has 0 aliphatic carbocycles. The maximum Gasteiger partial charge on any atom is 0.254 e. The summed E-state index contributed by atoms with van der Waals surface area (Å²) < 4.78 is 0. The first kappa shape index (κ1) is 9.43. The molecule has 2 heterocycles. The molecular weight excluding hydrogens is 222 g/mol. The average molecular weight is 228 g/mol. The molecule has 0 atom stereocenters. The van der Waals surface area contributed by atoms with Gasteiger partial charge in [-0.3, -0.25) is 14.9 Å². The third kappa shape index (κ3) is 1.71. The molecule has 72 valence electrons. The number of amides is 2. The zero-order valence-corrected chi connectivity index (χ0v) is 8.61. The Morgan fingerprint density at radius 1 is 1.50 bits per heavy atom. The predicted molar refractivity (Wildman–Crippen MR) is 55.1 cm³/mol. The van der Waals surface area contributed by atoms with Gasteiger partial charge in [-0.1, -0.05) is 11.6 Å². The Hall–Kier alpha value is -1.13. The summed E-state index contributed by atoms with van der Waals surface area (Å²) in [5, 5.41) is 4.66. The Balaban J connectivity index is 2.32. The Kier molecular flexibility index (Phi) is 2.39. The third-order valence-corrected chi connectivity index (χ3v) is 3.15. The molecular formula is C9H6ClNO2S. The van der Waals surface area contributed by atoms with Gasteiger partial charge in [0.1, 0.15) is 0 Å². The molecule has 0 saturated carbocycles. The first-order valence-corrected chi connectivity index (χ1v) is 5.20. The summed E-state index contributed by atoms with van der Waals surface area (Å²) in [7, 11) is 0. The standard InChI is InChI=1S/C9H6ClNO2S/c10-6-1-2-14-7(6)3-5-4-8(12)11-9(5)13/h1-3H,4H2,(H,11,12,13)/b5-3-. The zero-order valence-electron chi connectivity index (χ0n) is 7.04. The van der Waals surface area contributed by atoms with E-state index in [-0.39, 0.29) is 18.2 Å². The normalized spacial score (nSPS) is 19.1. The Morgan fingerprint density at radius 2 is 2.29 bits per heavy atom. The summed E-state index contributed by atoms with van der Waals surface area (Å²) in [6, 6.07) is 1.76. The van der Waals surface area contributed by atoms with Crippen LogP contribution < -0.4 is 5.32 Å². The summed E-state index contributed by atoms with van der Waals surface area (Å²) in [4.78, 5) is 22.9. The van der Waals surface area contributed by atoms with Crippen LogP contribution in [0.4, 0.5) is 0 Å². The lowest BCUT2D eigenvalue weighted by atomic mass is 10.2. The van der Waals surface area contributed by atoms with Crippen LogP contribution in [0.15, 0.2) is 17.0 Å². The maximum atomic E-state index is 11.2. The number of nitrogens with one attached hydrogen (secondary N) is 1. The Labute approximate surface area is 89.4 Å². The first-order valence-electron chi connectivity index (χ1n) is 3.94. The van der Waals surface area contributed by atoms with Crippen molar-refractivity contribution in [1.82, 2.24) is 5.32 Å². The van der Waals surface area contributed by atoms with Crippen LogP contribution in [-0.2, 0) is 9.59 Å². The van der Waals surface area contributed by atoms with Crippen molar-refractivity contribution in [3.63, 3.8) is 0 Å². The van der Waals surface area contributed by atoms with Gasteiger partial charge in [-0.05, 0) is 17.5 Å². The molecule has 2 amide bonds. The Morgan fingerprint density at radius 3 is 2.79 bits per heavy atom. The van der Waals surface area contributed by atoms with E-state index in [1.807, 2.05) is 5.38 Å². The van der Waals surface area contributed by atoms with Crippen molar-refractivity contribution in [2.45, 2.75) is 6.42 Å². The molecule has 1 N–H and O–H groups in total. The highest BCUT2D eigenvalue weighted by molar-refractivity contribution is 7.11. The van der Waals surface area contributed by atoms with Gasteiger partial charge in [0.25, 0.3) is 5.91 Å². The van der Waals surface area contributed by atoms with Crippen molar-refractivity contribution < 1.29 is 9.59 Å². The minimum atomic E-state index is -0.320. The largest absolute Gasteiger partial charge is 0.292 e. The molecule has 0 aromatic carbocycles. The summed E-state index contributed by atoms with van der Waals surface area (Å²) in [6.07, 6.45) is 1.81. The fourth-order valence-corrected chi connectivity index (χ4v) is 2.26. The highest BCUT2D eigenvalue weighted by Gasteiger charge is 2.23. The van der Waals surface area contributed by atoms with Crippen LogP contribution in [0.3, 0.4) is 0 Å². The molecule has 1 saturated heterocycles. The first-order chi connectivity index (χ1) is 6.66. The van der Waals surface area contributed by atoms with E-state index in [9.17, 15) is 9.59 Å². The van der Waals surface area contributed by atoms with E-state index in [2.05, 4.69) is 5.32 Å². The minimum Gasteiger partial charge on any atom is -0.292 e. The molecule has 0 radical (unpaired) electrons. The van der Waals surface area contributed by atoms with Crippen molar-refractivity contribution in [1.29, 1.82) is 0 Å². The summed E-state index contributed by atoms with van der Waals surface area (Å²) >= 11 is 7.29. The van der Waals surface area contributed by atoms with Gasteiger partial charge < -0.3 is 0 Å². The maximum absolute atomic E-state index is 11.2. The van der Waals surface area contributed by atoms with Crippen LogP contribution in [0.1, 0.15) is 11.3 Å². The van der Waals surface area contributed by atoms with Crippen LogP contribution in [0, 0.1) is 0 Å². The lowest BCUT2D eigenvalue weighted by Crippen LogP contribution is -2.19. The van der Waals surface area contributed by atoms with E-state index >= 15 is 0 Å². The van der Waals surface area contributed by atoms with Gasteiger partial charge in [-0.15, -0.1) is 11.3 Å². The molecule has 1 aliphatic rings. The summed E-state index contributed by atoms with van der Waals surface area (Å²) in [6.45, 7) is 0. The average Bonchev–Trinajstić information content (AvgIpc) is 2.62. The highest BCUT2D eigenvalue weighted by atomic mass is 35.5. The van der Waals surface area contributed by atoms with Crippen LogP contribution in [-0.4, -0.2) is 11.8 Å². The summed E-state index contributed by atoms with van der Waals surface area (Å²) in [5.41, 5.74) is 0.472. The van der Waals surface area contributed by atoms with Gasteiger partial charge in [-0.2, -0.15) is 0 Å². The van der Waals surface area contributed by atoms with Gasteiger partial charge in [0, 0.05) is 10.5 Å². The third-order valence-electron chi connectivity index (χ3n) is 1.85. The number of halogens is 1. The fraction of sp³-hybridized carbons (Fsp3) is 0.111. The number of rotatable bonds is 1. The number of carbonyl (C=O) groups excluding carboxylic acids is 2. The molecule has 0 unspecified atom stereocenters. The molecule has 14 heavy (non-hydrogen) atoms. The van der Waals surface area contributed by atoms with Crippen molar-refractivity contribution in [3.8, 4) is 0 Å². The second-order valence-electron chi connectivity index (χ2n) is 2.86. The van der Waals surface area contributed by atoms with Gasteiger partial charge in [0.2, 0.25) is 5.91 Å². The van der Waals surface area contributed by atoms with E-state index in [1.165, 1.54) is 11.3 Å². The smallest absolute Gasteiger partial charge is 0.254 e. The fourth-order valence-electron chi connectivity index (χ4n) is 1.19. The Bertz CT molecular complexity index is 436. The molecule has 0 bridgehead atoms. The van der Waals surface area contributed by atoms with Crippen LogP contribution in [0.5, 0.6) is 0 Å². The molecule has 5 heteroatoms. The quantitative estimate of drug-likeness (QED) is 0.588. The van der Waals surface area contributed by atoms with Gasteiger partial charge in [0.05, 0.1) is 11.4 Å². The van der Waals surface area contributed by atoms with Gasteiger partial charge >= 0.3 is 0 Å². The van der Waals surface area contributed by atoms with E-state index < -0.39 is 0 Å². The van der Waals surface area contributed by atoms with Crippen molar-refractivity contribution >= 4 is 40.8 Å². The topological polar surface area (TPSA) is 46.2 Å². The number of carbonyl (C=O) groups is 2. The number of thiophene rings is 1. The minimum absolute atomic E-state index is 0.146. The van der Waals surface area contributed by atoms with E-state index in [0.717, 1.165) is 4.88 Å². The molecule has 3 nitrogen and oxygen atoms in total. The van der Waals surface area contributed by atoms with Gasteiger partial charge in [-0.25, -0.2) is 0 Å². The zero-order chi connectivity index (χ0) is 10.1. The van der Waals surface area contributed by atoms with Crippen molar-refractivity contribution in [2.24, 2.45) is 0 Å². The van der Waals surface area contributed by atoms with E-state index in [4.69, 9.17) is 11.6 Å². The molecule has 1 fully saturated rings. The van der Waals surface area contributed by atoms with E-state index in [1.54, 1.807) is 12.1 Å². The summed E-state index contributed by atoms with van der Waals surface area (Å²) in [5.74, 6) is -0.576. The predicted octanol–water partition coefficient (Wildman–Crippen LogP) is 1.83. The molecule has 1 aliphatic heterocycles. The second-order valence-corrected chi connectivity index (χ2v) is 4.21. The second kappa shape index (κ2) is 3.55. The highest BCUT2D eigenvalue weighted by Crippen LogP contribution is 2.26. The molecule has 2 rings (SSSR count). The lowest BCUT2D eigenvalue weighted by molar-refractivity contribution is -0.124. The molecule has 0 spiro atoms. The molecule has 1 aromatic rings.